The monoisotopic (exact) mass is 984 g/mol. The number of hydrogen-bond donors (Lipinski definition) is 1. The molecule has 16 heteroatoms. The second kappa shape index (κ2) is 21.4. The average molecular weight is 985 g/mol. The van der Waals surface area contributed by atoms with E-state index >= 15 is 17.6 Å². The van der Waals surface area contributed by atoms with E-state index < -0.39 is 62.5 Å². The lowest BCUT2D eigenvalue weighted by molar-refractivity contribution is -0.181. The highest BCUT2D eigenvalue weighted by Crippen LogP contribution is 2.47. The minimum atomic E-state index is -3.29. The summed E-state index contributed by atoms with van der Waals surface area (Å²) in [6.45, 7) is 20.9. The number of fused-ring (bicyclic) bond motifs is 1. The van der Waals surface area contributed by atoms with Crippen molar-refractivity contribution in [2.75, 3.05) is 20.3 Å². The van der Waals surface area contributed by atoms with E-state index in [2.05, 4.69) is 68.7 Å². The van der Waals surface area contributed by atoms with Crippen LogP contribution in [0.2, 0.25) is 16.6 Å². The SMILES string of the molecule is C=Cc1c(C(OC2CCCCO2)c2ccc(F)c(-c3nc(C(C)(CCC(F)(F)COc4cc[nH]n4)c4cccc(C[C@H](C)C(=O)OC)c4)nn3C)c2)c(F)cc2c1ccn2[Si](C(C)C)(C(C)C)C(C)C. The third-order valence-corrected chi connectivity index (χ3v) is 21.3. The Balaban J connectivity index is 1.33. The smallest absolute Gasteiger partial charge is 0.308 e. The van der Waals surface area contributed by atoms with Gasteiger partial charge in [0, 0.05) is 48.8 Å². The van der Waals surface area contributed by atoms with Gasteiger partial charge in [0.1, 0.15) is 17.7 Å². The molecule has 4 heterocycles. The Kier molecular flexibility index (Phi) is 16.0. The van der Waals surface area contributed by atoms with Crippen molar-refractivity contribution >= 4 is 31.2 Å². The number of aryl methyl sites for hydroxylation is 1. The number of nitrogens with zero attached hydrogens (tertiary/aromatic N) is 5. The third-order valence-electron chi connectivity index (χ3n) is 14.5. The van der Waals surface area contributed by atoms with Crippen LogP contribution in [0.25, 0.3) is 28.4 Å². The predicted octanol–water partition coefficient (Wildman–Crippen LogP) is 12.9. The van der Waals surface area contributed by atoms with E-state index in [-0.39, 0.29) is 41.0 Å². The van der Waals surface area contributed by atoms with Crippen molar-refractivity contribution in [3.8, 4) is 17.3 Å². The van der Waals surface area contributed by atoms with Crippen LogP contribution in [0.5, 0.6) is 5.88 Å². The standard InChI is InChI=1S/C54H68F4N6O5Si/c1-12-40-41-22-26-64(70(33(2)3,34(4)5)35(6)7)45(41)31-44(56)48(40)49(69-47-18-13-14-27-67-47)38-19-20-43(55)42(30-38)50-60-52(62-63(50)10)53(9,23-24-54(57,58)32-68-46-21-25-59-61-46)39-17-15-16-37(29-39)28-36(8)51(65)66-11/h12,15-17,19-22,25-26,29-31,33-36,47,49H,1,13-14,18,23-24,27-28,32H2,2-11H3,(H,59,61)/t36-,47?,49?,53?/m0/s1. The first-order valence-corrected chi connectivity index (χ1v) is 26.6. The number of methoxy groups -OCH3 is 1. The lowest BCUT2D eigenvalue weighted by Gasteiger charge is -2.44. The molecule has 1 fully saturated rings. The average Bonchev–Trinajstić information content (AvgIpc) is 4.11. The molecule has 3 unspecified atom stereocenters. The summed E-state index contributed by atoms with van der Waals surface area (Å²) in [4.78, 5) is 17.4. The van der Waals surface area contributed by atoms with Crippen LogP contribution < -0.4 is 4.74 Å². The van der Waals surface area contributed by atoms with Crippen molar-refractivity contribution in [3.05, 3.63) is 125 Å². The number of hydrogen-bond acceptors (Lipinski definition) is 8. The Labute approximate surface area is 410 Å². The molecule has 70 heavy (non-hydrogen) atoms. The topological polar surface area (TPSA) is 118 Å². The van der Waals surface area contributed by atoms with Crippen LogP contribution in [-0.2, 0) is 37.9 Å². The maximum atomic E-state index is 17.4. The molecule has 1 saturated heterocycles. The normalized spacial score (nSPS) is 16.5. The summed E-state index contributed by atoms with van der Waals surface area (Å²) >= 11 is 0. The van der Waals surface area contributed by atoms with Gasteiger partial charge in [-0.1, -0.05) is 91.5 Å². The quantitative estimate of drug-likeness (QED) is 0.0430. The van der Waals surface area contributed by atoms with Crippen molar-refractivity contribution in [2.45, 2.75) is 134 Å². The number of aromatic nitrogens is 6. The fourth-order valence-corrected chi connectivity index (χ4v) is 17.6. The summed E-state index contributed by atoms with van der Waals surface area (Å²) in [5.74, 6) is -4.93. The van der Waals surface area contributed by atoms with E-state index in [0.717, 1.165) is 29.3 Å². The Morgan fingerprint density at radius 1 is 0.986 bits per heavy atom. The molecular formula is C54H68F4N6O5Si. The van der Waals surface area contributed by atoms with Gasteiger partial charge in [-0.3, -0.25) is 9.89 Å². The van der Waals surface area contributed by atoms with Gasteiger partial charge in [0.05, 0.1) is 24.0 Å². The summed E-state index contributed by atoms with van der Waals surface area (Å²) in [5.41, 5.74) is 3.32. The molecule has 0 spiro atoms. The molecule has 1 N–H and O–H groups in total. The Morgan fingerprint density at radius 3 is 2.37 bits per heavy atom. The molecule has 0 amide bonds. The first-order valence-electron chi connectivity index (χ1n) is 24.4. The van der Waals surface area contributed by atoms with Crippen molar-refractivity contribution < 1.29 is 41.3 Å². The third kappa shape index (κ3) is 10.4. The van der Waals surface area contributed by atoms with Crippen molar-refractivity contribution in [1.29, 1.82) is 0 Å². The first kappa shape index (κ1) is 52.2. The van der Waals surface area contributed by atoms with Gasteiger partial charge in [-0.15, -0.1) is 5.10 Å². The number of H-pyrrole nitrogens is 1. The van der Waals surface area contributed by atoms with Crippen LogP contribution in [0.15, 0.2) is 79.6 Å². The fraction of sp³-hybridized carbons (Fsp3) is 0.481. The second-order valence-corrected chi connectivity index (χ2v) is 25.7. The van der Waals surface area contributed by atoms with Crippen LogP contribution >= 0.6 is 0 Å². The van der Waals surface area contributed by atoms with Gasteiger partial charge in [-0.05, 0) is 108 Å². The Hall–Kier alpha value is -5.58. The highest BCUT2D eigenvalue weighted by atomic mass is 28.3. The van der Waals surface area contributed by atoms with Gasteiger partial charge in [0.15, 0.2) is 32.8 Å². The molecule has 7 rings (SSSR count). The van der Waals surface area contributed by atoms with E-state index in [1.165, 1.54) is 30.1 Å². The summed E-state index contributed by atoms with van der Waals surface area (Å²) in [6.07, 6.45) is 5.40. The molecule has 3 aromatic heterocycles. The maximum absolute atomic E-state index is 17.4. The summed E-state index contributed by atoms with van der Waals surface area (Å²) in [6, 6.07) is 16.9. The zero-order valence-electron chi connectivity index (χ0n) is 42.1. The predicted molar refractivity (Wildman–Crippen MR) is 267 cm³/mol. The molecule has 6 aromatic rings. The van der Waals surface area contributed by atoms with Gasteiger partial charge in [0.2, 0.25) is 5.88 Å². The van der Waals surface area contributed by atoms with Gasteiger partial charge in [0.25, 0.3) is 5.92 Å². The molecule has 3 aromatic carbocycles. The first-order chi connectivity index (χ1) is 33.2. The molecule has 1 aliphatic heterocycles. The van der Waals surface area contributed by atoms with E-state index in [0.29, 0.717) is 52.8 Å². The molecule has 11 nitrogen and oxygen atoms in total. The Bertz CT molecular complexity index is 2740. The molecule has 0 saturated carbocycles. The van der Waals surface area contributed by atoms with Crippen molar-refractivity contribution in [1.82, 2.24) is 29.2 Å². The maximum Gasteiger partial charge on any atom is 0.308 e. The lowest BCUT2D eigenvalue weighted by Crippen LogP contribution is -2.51. The molecular weight excluding hydrogens is 917 g/mol. The Morgan fingerprint density at radius 2 is 1.73 bits per heavy atom. The number of esters is 1. The van der Waals surface area contributed by atoms with E-state index in [9.17, 15) is 4.79 Å². The number of aromatic amines is 1. The zero-order valence-corrected chi connectivity index (χ0v) is 43.1. The van der Waals surface area contributed by atoms with Crippen LogP contribution in [0.4, 0.5) is 17.6 Å². The number of carbonyl (C=O) groups is 1. The highest BCUT2D eigenvalue weighted by molar-refractivity contribution is 6.82. The number of alkyl halides is 2. The minimum Gasteiger partial charge on any atom is -0.470 e. The molecule has 0 radical (unpaired) electrons. The summed E-state index contributed by atoms with van der Waals surface area (Å²) in [7, 11) is 0.639. The second-order valence-electron chi connectivity index (χ2n) is 20.0. The van der Waals surface area contributed by atoms with Gasteiger partial charge < -0.3 is 23.2 Å². The number of benzene rings is 3. The number of ether oxygens (including phenoxy) is 4. The number of halogens is 4. The van der Waals surface area contributed by atoms with E-state index in [1.807, 2.05) is 24.3 Å². The molecule has 4 atom stereocenters. The molecule has 1 aliphatic rings. The summed E-state index contributed by atoms with van der Waals surface area (Å²) in [5, 5.41) is 12.0. The van der Waals surface area contributed by atoms with Crippen LogP contribution in [-0.4, -0.2) is 75.9 Å². The van der Waals surface area contributed by atoms with Gasteiger partial charge >= 0.3 is 5.97 Å². The van der Waals surface area contributed by atoms with Crippen molar-refractivity contribution in [3.63, 3.8) is 0 Å². The van der Waals surface area contributed by atoms with Crippen LogP contribution in [0, 0.1) is 17.6 Å². The highest BCUT2D eigenvalue weighted by Gasteiger charge is 2.46. The molecule has 376 valence electrons. The minimum absolute atomic E-state index is 0.0413. The molecule has 0 bridgehead atoms. The van der Waals surface area contributed by atoms with Crippen LogP contribution in [0.3, 0.4) is 0 Å². The zero-order chi connectivity index (χ0) is 50.7. The number of nitrogens with one attached hydrogen (secondary N) is 1. The fourth-order valence-electron chi connectivity index (χ4n) is 11.0. The van der Waals surface area contributed by atoms with Gasteiger partial charge in [-0.2, -0.15) is 5.10 Å². The van der Waals surface area contributed by atoms with E-state index in [4.69, 9.17) is 29.0 Å². The van der Waals surface area contributed by atoms with Crippen LogP contribution in [0.1, 0.15) is 127 Å². The van der Waals surface area contributed by atoms with E-state index in [1.54, 1.807) is 51.2 Å². The van der Waals surface area contributed by atoms with Crippen molar-refractivity contribution in [2.24, 2.45) is 13.0 Å². The largest absolute Gasteiger partial charge is 0.470 e. The number of carbonyl (C=O) groups excluding carboxylic acids is 1. The molecule has 0 aliphatic carbocycles. The summed E-state index contributed by atoms with van der Waals surface area (Å²) < 4.78 is 92.4. The number of rotatable bonds is 21. The lowest BCUT2D eigenvalue weighted by atomic mass is 9.76. The van der Waals surface area contributed by atoms with Gasteiger partial charge in [-0.25, -0.2) is 27.2 Å².